The van der Waals surface area contributed by atoms with E-state index >= 15 is 0 Å². The Balaban J connectivity index is 2.36. The molecule has 1 aromatic rings. The van der Waals surface area contributed by atoms with Crippen LogP contribution in [0.4, 0.5) is 0 Å². The summed E-state index contributed by atoms with van der Waals surface area (Å²) in [7, 11) is 0. The number of benzene rings is 1. The predicted molar refractivity (Wildman–Crippen MR) is 65.6 cm³/mol. The average molecular weight is 247 g/mol. The van der Waals surface area contributed by atoms with E-state index in [1.54, 1.807) is 0 Å². The van der Waals surface area contributed by atoms with E-state index in [1.807, 2.05) is 24.3 Å². The summed E-state index contributed by atoms with van der Waals surface area (Å²) in [6.07, 6.45) is 3.46. The van der Waals surface area contributed by atoms with Gasteiger partial charge in [-0.2, -0.15) is 0 Å². The molecule has 1 nitrogen and oxygen atoms in total. The van der Waals surface area contributed by atoms with E-state index in [4.69, 9.17) is 23.2 Å². The van der Waals surface area contributed by atoms with Crippen molar-refractivity contribution in [3.05, 3.63) is 34.9 Å². The Bertz CT molecular complexity index is 289. The van der Waals surface area contributed by atoms with Crippen LogP contribution in [-0.4, -0.2) is 11.0 Å². The molecule has 0 radical (unpaired) electrons. The lowest BCUT2D eigenvalue weighted by atomic mass is 10.0. The van der Waals surface area contributed by atoms with Gasteiger partial charge in [0.2, 0.25) is 0 Å². The van der Waals surface area contributed by atoms with Gasteiger partial charge in [-0.3, -0.25) is 0 Å². The van der Waals surface area contributed by atoms with E-state index in [1.165, 1.54) is 0 Å². The molecule has 3 heteroatoms. The predicted octanol–water partition coefficient (Wildman–Crippen LogP) is 4.17. The first-order valence-electron chi connectivity index (χ1n) is 5.23. The van der Waals surface area contributed by atoms with Crippen LogP contribution in [0.25, 0.3) is 0 Å². The summed E-state index contributed by atoms with van der Waals surface area (Å²) in [5, 5.41) is 10.5. The van der Waals surface area contributed by atoms with Crippen molar-refractivity contribution in [1.29, 1.82) is 0 Å². The zero-order chi connectivity index (χ0) is 11.1. The van der Waals surface area contributed by atoms with Gasteiger partial charge in [-0.1, -0.05) is 36.6 Å². The van der Waals surface area contributed by atoms with Gasteiger partial charge < -0.3 is 5.11 Å². The molecule has 1 N–H and O–H groups in total. The Kier molecular flexibility index (Phi) is 6.07. The zero-order valence-corrected chi connectivity index (χ0v) is 10.1. The summed E-state index contributed by atoms with van der Waals surface area (Å²) in [6, 6.07) is 7.39. The Hall–Kier alpha value is -0.240. The quantitative estimate of drug-likeness (QED) is 0.590. The molecule has 0 saturated heterocycles. The van der Waals surface area contributed by atoms with Crippen molar-refractivity contribution in [2.45, 2.75) is 31.8 Å². The maximum absolute atomic E-state index is 9.85. The third-order valence-corrected chi connectivity index (χ3v) is 2.85. The summed E-state index contributed by atoms with van der Waals surface area (Å²) in [5.41, 5.74) is 0.897. The number of halogens is 2. The Labute approximate surface area is 101 Å². The summed E-state index contributed by atoms with van der Waals surface area (Å²) in [5.74, 6) is 0.702. The van der Waals surface area contributed by atoms with Crippen molar-refractivity contribution < 1.29 is 5.11 Å². The van der Waals surface area contributed by atoms with E-state index in [9.17, 15) is 5.11 Å². The van der Waals surface area contributed by atoms with Crippen LogP contribution >= 0.6 is 23.2 Å². The molecule has 0 aliphatic carbocycles. The number of aliphatic hydroxyl groups is 1. The Morgan fingerprint density at radius 2 is 2.00 bits per heavy atom. The van der Waals surface area contributed by atoms with Gasteiger partial charge in [0, 0.05) is 10.9 Å². The zero-order valence-electron chi connectivity index (χ0n) is 8.63. The maximum Gasteiger partial charge on any atom is 0.0790 e. The van der Waals surface area contributed by atoms with Crippen molar-refractivity contribution in [1.82, 2.24) is 0 Å². The molecule has 0 heterocycles. The molecule has 1 aromatic carbocycles. The molecule has 0 saturated carbocycles. The van der Waals surface area contributed by atoms with Crippen LogP contribution in [0, 0.1) is 0 Å². The van der Waals surface area contributed by atoms with Crippen molar-refractivity contribution in [2.75, 3.05) is 5.88 Å². The van der Waals surface area contributed by atoms with E-state index in [2.05, 4.69) is 0 Å². The molecule has 15 heavy (non-hydrogen) atoms. The fourth-order valence-electron chi connectivity index (χ4n) is 1.49. The first kappa shape index (κ1) is 12.8. The maximum atomic E-state index is 9.85. The van der Waals surface area contributed by atoms with Crippen LogP contribution in [0.5, 0.6) is 0 Å². The number of rotatable bonds is 6. The van der Waals surface area contributed by atoms with Crippen molar-refractivity contribution in [3.63, 3.8) is 0 Å². The molecule has 84 valence electrons. The van der Waals surface area contributed by atoms with Crippen molar-refractivity contribution in [2.24, 2.45) is 0 Å². The van der Waals surface area contributed by atoms with Gasteiger partial charge in [0.15, 0.2) is 0 Å². The molecule has 0 fully saturated rings. The molecule has 0 aromatic heterocycles. The first-order chi connectivity index (χ1) is 7.24. The molecule has 1 unspecified atom stereocenters. The van der Waals surface area contributed by atoms with Gasteiger partial charge in [-0.05, 0) is 30.5 Å². The lowest BCUT2D eigenvalue weighted by Gasteiger charge is -2.10. The summed E-state index contributed by atoms with van der Waals surface area (Å²) >= 11 is 11.4. The molecule has 0 amide bonds. The normalized spacial score (nSPS) is 12.7. The third-order valence-electron chi connectivity index (χ3n) is 2.34. The van der Waals surface area contributed by atoms with Crippen LogP contribution in [-0.2, 0) is 0 Å². The van der Waals surface area contributed by atoms with Gasteiger partial charge >= 0.3 is 0 Å². The number of aliphatic hydroxyl groups excluding tert-OH is 1. The van der Waals surface area contributed by atoms with Gasteiger partial charge in [-0.25, -0.2) is 0 Å². The Morgan fingerprint density at radius 1 is 1.20 bits per heavy atom. The minimum atomic E-state index is -0.404. The number of unbranched alkanes of at least 4 members (excludes halogenated alkanes) is 2. The Morgan fingerprint density at radius 3 is 2.67 bits per heavy atom. The number of hydrogen-bond donors (Lipinski definition) is 1. The summed E-state index contributed by atoms with van der Waals surface area (Å²) in [6.45, 7) is 0. The van der Waals surface area contributed by atoms with Crippen molar-refractivity contribution >= 4 is 23.2 Å². The van der Waals surface area contributed by atoms with E-state index in [0.717, 1.165) is 31.2 Å². The first-order valence-corrected chi connectivity index (χ1v) is 6.15. The summed E-state index contributed by atoms with van der Waals surface area (Å²) in [4.78, 5) is 0. The highest BCUT2D eigenvalue weighted by molar-refractivity contribution is 6.30. The van der Waals surface area contributed by atoms with Gasteiger partial charge in [0.25, 0.3) is 0 Å². The molecular formula is C12H16Cl2O. The smallest absolute Gasteiger partial charge is 0.0790 e. The largest absolute Gasteiger partial charge is 0.388 e. The number of alkyl halides is 1. The monoisotopic (exact) mass is 246 g/mol. The van der Waals surface area contributed by atoms with E-state index in [-0.39, 0.29) is 0 Å². The topological polar surface area (TPSA) is 20.2 Å². The molecule has 0 aliphatic heterocycles. The highest BCUT2D eigenvalue weighted by Crippen LogP contribution is 2.22. The highest BCUT2D eigenvalue weighted by atomic mass is 35.5. The van der Waals surface area contributed by atoms with E-state index < -0.39 is 6.10 Å². The summed E-state index contributed by atoms with van der Waals surface area (Å²) < 4.78 is 0. The lowest BCUT2D eigenvalue weighted by Crippen LogP contribution is -1.97. The SMILES string of the molecule is OC(CCCCCCl)c1cccc(Cl)c1. The fraction of sp³-hybridized carbons (Fsp3) is 0.500. The molecule has 1 atom stereocenters. The standard InChI is InChI=1S/C12H16Cl2O/c13-8-3-1-2-7-12(15)10-5-4-6-11(14)9-10/h4-6,9,12,15H,1-3,7-8H2. The van der Waals surface area contributed by atoms with Crippen LogP contribution in [0.3, 0.4) is 0 Å². The second kappa shape index (κ2) is 7.10. The van der Waals surface area contributed by atoms with Crippen molar-refractivity contribution in [3.8, 4) is 0 Å². The van der Waals surface area contributed by atoms with Gasteiger partial charge in [0.1, 0.15) is 0 Å². The fourth-order valence-corrected chi connectivity index (χ4v) is 1.88. The molecular weight excluding hydrogens is 231 g/mol. The van der Waals surface area contributed by atoms with Crippen LogP contribution in [0.1, 0.15) is 37.4 Å². The van der Waals surface area contributed by atoms with Crippen LogP contribution in [0.15, 0.2) is 24.3 Å². The molecule has 1 rings (SSSR count). The van der Waals surface area contributed by atoms with Gasteiger partial charge in [0.05, 0.1) is 6.10 Å². The minimum Gasteiger partial charge on any atom is -0.388 e. The minimum absolute atomic E-state index is 0.404. The van der Waals surface area contributed by atoms with Gasteiger partial charge in [-0.15, -0.1) is 11.6 Å². The average Bonchev–Trinajstić information content (AvgIpc) is 2.24. The number of hydrogen-bond acceptors (Lipinski definition) is 1. The second-order valence-corrected chi connectivity index (χ2v) is 4.42. The highest BCUT2D eigenvalue weighted by Gasteiger charge is 2.06. The van der Waals surface area contributed by atoms with Crippen LogP contribution in [0.2, 0.25) is 5.02 Å². The molecule has 0 bridgehead atoms. The third kappa shape index (κ3) is 4.87. The molecule has 0 spiro atoms. The van der Waals surface area contributed by atoms with E-state index in [0.29, 0.717) is 10.9 Å². The molecule has 0 aliphatic rings. The lowest BCUT2D eigenvalue weighted by molar-refractivity contribution is 0.163. The van der Waals surface area contributed by atoms with Crippen LogP contribution < -0.4 is 0 Å². The second-order valence-electron chi connectivity index (χ2n) is 3.61.